The van der Waals surface area contributed by atoms with E-state index in [1.165, 1.54) is 12.1 Å². The Kier molecular flexibility index (Phi) is 5.92. The van der Waals surface area contributed by atoms with E-state index in [0.717, 1.165) is 29.0 Å². The predicted molar refractivity (Wildman–Crippen MR) is 119 cm³/mol. The topological polar surface area (TPSA) is 78.6 Å². The smallest absolute Gasteiger partial charge is 0.223 e. The first-order valence-corrected chi connectivity index (χ1v) is 10.1. The van der Waals surface area contributed by atoms with Crippen molar-refractivity contribution in [2.75, 3.05) is 26.0 Å². The van der Waals surface area contributed by atoms with E-state index in [2.05, 4.69) is 26.3 Å². The van der Waals surface area contributed by atoms with Crippen LogP contribution >= 0.6 is 0 Å². The highest BCUT2D eigenvalue weighted by atomic mass is 19.1. The minimum Gasteiger partial charge on any atom is -0.392 e. The largest absolute Gasteiger partial charge is 0.392 e. The molecule has 160 valence electrons. The molecule has 2 N–H and O–H groups in total. The number of aliphatic hydroxyl groups is 1. The van der Waals surface area contributed by atoms with E-state index in [0.29, 0.717) is 23.9 Å². The highest BCUT2D eigenvalue weighted by Crippen LogP contribution is 2.32. The Morgan fingerprint density at radius 1 is 1.13 bits per heavy atom. The first-order valence-electron chi connectivity index (χ1n) is 10.1. The van der Waals surface area contributed by atoms with Crippen molar-refractivity contribution in [3.05, 3.63) is 66.2 Å². The van der Waals surface area contributed by atoms with Gasteiger partial charge in [-0.25, -0.2) is 19.3 Å². The fraction of sp³-hybridized carbons (Fsp3) is 0.261. The molecule has 1 atom stereocenters. The molecule has 0 radical (unpaired) electrons. The van der Waals surface area contributed by atoms with Gasteiger partial charge in [-0.2, -0.15) is 0 Å². The number of pyridine rings is 1. The number of imidazole rings is 1. The summed E-state index contributed by atoms with van der Waals surface area (Å²) in [4.78, 5) is 15.8. The number of halogens is 1. The fourth-order valence-corrected chi connectivity index (χ4v) is 3.42. The number of hydrogen-bond acceptors (Lipinski definition) is 6. The lowest BCUT2D eigenvalue weighted by molar-refractivity contribution is 0.208. The van der Waals surface area contributed by atoms with E-state index in [4.69, 9.17) is 4.98 Å². The summed E-state index contributed by atoms with van der Waals surface area (Å²) in [7, 11) is 4.04. The maximum absolute atomic E-state index is 13.5. The Labute approximate surface area is 180 Å². The number of rotatable bonds is 7. The van der Waals surface area contributed by atoms with Gasteiger partial charge in [-0.3, -0.25) is 4.40 Å². The van der Waals surface area contributed by atoms with Gasteiger partial charge in [0.15, 0.2) is 0 Å². The first-order chi connectivity index (χ1) is 14.9. The lowest BCUT2D eigenvalue weighted by Crippen LogP contribution is -2.17. The zero-order valence-corrected chi connectivity index (χ0v) is 17.7. The summed E-state index contributed by atoms with van der Waals surface area (Å²) in [6.45, 7) is 2.83. The molecule has 0 saturated carbocycles. The molecule has 7 nitrogen and oxygen atoms in total. The molecule has 0 spiro atoms. The highest BCUT2D eigenvalue weighted by Gasteiger charge is 2.18. The monoisotopic (exact) mass is 420 g/mol. The van der Waals surface area contributed by atoms with E-state index < -0.39 is 6.10 Å². The van der Waals surface area contributed by atoms with Gasteiger partial charge >= 0.3 is 0 Å². The summed E-state index contributed by atoms with van der Waals surface area (Å²) < 4.78 is 15.5. The van der Waals surface area contributed by atoms with Gasteiger partial charge in [-0.05, 0) is 69.0 Å². The molecule has 0 fully saturated rings. The second-order valence-electron chi connectivity index (χ2n) is 7.81. The summed E-state index contributed by atoms with van der Waals surface area (Å²) in [5, 5.41) is 12.6. The van der Waals surface area contributed by atoms with E-state index in [1.807, 2.05) is 36.8 Å². The van der Waals surface area contributed by atoms with Crippen LogP contribution in [0.4, 0.5) is 10.3 Å². The van der Waals surface area contributed by atoms with Crippen LogP contribution in [-0.4, -0.2) is 56.1 Å². The van der Waals surface area contributed by atoms with Gasteiger partial charge in [0, 0.05) is 31.0 Å². The van der Waals surface area contributed by atoms with Gasteiger partial charge in [0.05, 0.1) is 23.2 Å². The second-order valence-corrected chi connectivity index (χ2v) is 7.81. The number of anilines is 1. The van der Waals surface area contributed by atoms with Crippen LogP contribution in [0.3, 0.4) is 0 Å². The minimum absolute atomic E-state index is 0.297. The molecule has 0 aliphatic rings. The van der Waals surface area contributed by atoms with Gasteiger partial charge in [0.2, 0.25) is 5.95 Å². The predicted octanol–water partition coefficient (Wildman–Crippen LogP) is 3.45. The third kappa shape index (κ3) is 4.70. The average molecular weight is 420 g/mol. The molecule has 3 heterocycles. The Bertz CT molecular complexity index is 1190. The number of nitrogens with zero attached hydrogens (tertiary/aromatic N) is 5. The molecule has 0 aliphatic carbocycles. The number of benzene rings is 1. The zero-order chi connectivity index (χ0) is 22.0. The van der Waals surface area contributed by atoms with Crippen molar-refractivity contribution < 1.29 is 9.50 Å². The van der Waals surface area contributed by atoms with Crippen LogP contribution in [0.2, 0.25) is 0 Å². The van der Waals surface area contributed by atoms with Gasteiger partial charge in [0.1, 0.15) is 11.5 Å². The van der Waals surface area contributed by atoms with Gasteiger partial charge < -0.3 is 15.3 Å². The Morgan fingerprint density at radius 3 is 2.61 bits per heavy atom. The minimum atomic E-state index is -0.520. The van der Waals surface area contributed by atoms with Crippen LogP contribution in [0, 0.1) is 5.82 Å². The van der Waals surface area contributed by atoms with Crippen molar-refractivity contribution in [1.29, 1.82) is 0 Å². The lowest BCUT2D eigenvalue weighted by atomic mass is 10.1. The van der Waals surface area contributed by atoms with Crippen molar-refractivity contribution >= 4 is 11.6 Å². The SMILES string of the molecule is CC(O)CNc1nccc(-c2c(-c3ccc(F)cc3)nc3cc(CN(C)C)ccn23)n1. The number of hydrogen-bond donors (Lipinski definition) is 2. The molecule has 1 unspecified atom stereocenters. The second kappa shape index (κ2) is 8.79. The van der Waals surface area contributed by atoms with Crippen molar-refractivity contribution in [3.8, 4) is 22.6 Å². The third-order valence-corrected chi connectivity index (χ3v) is 4.76. The van der Waals surface area contributed by atoms with Crippen molar-refractivity contribution in [1.82, 2.24) is 24.3 Å². The quantitative estimate of drug-likeness (QED) is 0.477. The standard InChI is InChI=1S/C23H25FN6O/c1-15(31)13-26-23-25-10-8-19(27-23)22-21(17-4-6-18(24)7-5-17)28-20-12-16(14-29(2)3)9-11-30(20)22/h4-12,15,31H,13-14H2,1-3H3,(H,25,26,27). The van der Waals surface area contributed by atoms with Crippen LogP contribution in [0.1, 0.15) is 12.5 Å². The molecule has 4 aromatic rings. The van der Waals surface area contributed by atoms with E-state index in [-0.39, 0.29) is 5.82 Å². The first kappa shape index (κ1) is 20.9. The summed E-state index contributed by atoms with van der Waals surface area (Å²) in [6.07, 6.45) is 3.13. The number of aromatic nitrogens is 4. The van der Waals surface area contributed by atoms with Crippen molar-refractivity contribution in [3.63, 3.8) is 0 Å². The van der Waals surface area contributed by atoms with Crippen molar-refractivity contribution in [2.24, 2.45) is 0 Å². The number of nitrogens with one attached hydrogen (secondary N) is 1. The van der Waals surface area contributed by atoms with Crippen LogP contribution < -0.4 is 5.32 Å². The summed E-state index contributed by atoms with van der Waals surface area (Å²) in [5.41, 5.74) is 4.90. The average Bonchev–Trinajstić information content (AvgIpc) is 3.11. The molecule has 4 rings (SSSR count). The molecule has 0 bridgehead atoms. The summed E-state index contributed by atoms with van der Waals surface area (Å²) in [5.74, 6) is 0.122. The van der Waals surface area contributed by atoms with Crippen LogP contribution in [0.15, 0.2) is 54.9 Å². The Balaban J connectivity index is 1.86. The molecular formula is C23H25FN6O. The van der Waals surface area contributed by atoms with Crippen molar-refractivity contribution in [2.45, 2.75) is 19.6 Å². The summed E-state index contributed by atoms with van der Waals surface area (Å²) >= 11 is 0. The van der Waals surface area contributed by atoms with Gasteiger partial charge in [-0.15, -0.1) is 0 Å². The van der Waals surface area contributed by atoms with Gasteiger partial charge in [-0.1, -0.05) is 0 Å². The Hall–Kier alpha value is -3.36. The normalized spacial score (nSPS) is 12.5. The van der Waals surface area contributed by atoms with Crippen LogP contribution in [0.25, 0.3) is 28.3 Å². The maximum atomic E-state index is 13.5. The molecule has 1 aromatic carbocycles. The molecular weight excluding hydrogens is 395 g/mol. The third-order valence-electron chi connectivity index (χ3n) is 4.76. The molecule has 3 aromatic heterocycles. The molecule has 0 aliphatic heterocycles. The van der Waals surface area contributed by atoms with E-state index in [9.17, 15) is 9.50 Å². The molecule has 31 heavy (non-hydrogen) atoms. The van der Waals surface area contributed by atoms with Gasteiger partial charge in [0.25, 0.3) is 0 Å². The number of aliphatic hydroxyl groups excluding tert-OH is 1. The van der Waals surface area contributed by atoms with E-state index >= 15 is 0 Å². The maximum Gasteiger partial charge on any atom is 0.223 e. The fourth-order valence-electron chi connectivity index (χ4n) is 3.42. The lowest BCUT2D eigenvalue weighted by Gasteiger charge is -2.11. The van der Waals surface area contributed by atoms with Crippen LogP contribution in [0.5, 0.6) is 0 Å². The molecule has 0 saturated heterocycles. The number of fused-ring (bicyclic) bond motifs is 1. The van der Waals surface area contributed by atoms with Crippen LogP contribution in [-0.2, 0) is 6.54 Å². The molecule has 0 amide bonds. The highest BCUT2D eigenvalue weighted by molar-refractivity contribution is 5.80. The summed E-state index contributed by atoms with van der Waals surface area (Å²) in [6, 6.07) is 12.2. The zero-order valence-electron chi connectivity index (χ0n) is 17.7. The molecule has 8 heteroatoms. The van der Waals surface area contributed by atoms with E-state index in [1.54, 1.807) is 25.3 Å². The Morgan fingerprint density at radius 2 is 1.90 bits per heavy atom.